The average Bonchev–Trinajstić information content (AvgIpc) is 2.67. The Morgan fingerprint density at radius 2 is 2.00 bits per heavy atom. The number of carbonyl (C=O) groups excluding carboxylic acids is 1. The van der Waals surface area contributed by atoms with Crippen LogP contribution >= 0.6 is 15.9 Å². The van der Waals surface area contributed by atoms with Crippen LogP contribution in [0, 0.1) is 0 Å². The number of halogens is 1. The van der Waals surface area contributed by atoms with E-state index in [1.54, 1.807) is 11.1 Å². The Balaban J connectivity index is 1.76. The lowest BCUT2D eigenvalue weighted by Crippen LogP contribution is -2.57. The normalized spacial score (nSPS) is 27.1. The third-order valence-corrected chi connectivity index (χ3v) is 6.22. The largest absolute Gasteiger partial charge is 0.480 e. The number of amides is 1. The van der Waals surface area contributed by atoms with Crippen molar-refractivity contribution in [2.24, 2.45) is 0 Å². The second-order valence-corrected chi connectivity index (χ2v) is 9.70. The summed E-state index contributed by atoms with van der Waals surface area (Å²) in [7, 11) is 0. The first-order chi connectivity index (χ1) is 14.0. The van der Waals surface area contributed by atoms with Gasteiger partial charge in [-0.1, -0.05) is 6.07 Å². The molecule has 2 fully saturated rings. The summed E-state index contributed by atoms with van der Waals surface area (Å²) in [6.45, 7) is 6.54. The van der Waals surface area contributed by atoms with Gasteiger partial charge in [-0.3, -0.25) is 0 Å². The summed E-state index contributed by atoms with van der Waals surface area (Å²) >= 11 is 3.48. The van der Waals surface area contributed by atoms with Crippen molar-refractivity contribution < 1.29 is 28.9 Å². The number of carbonyl (C=O) groups is 2. The second kappa shape index (κ2) is 8.80. The molecule has 1 saturated heterocycles. The number of hydrogen-bond donors (Lipinski definition) is 1. The minimum Gasteiger partial charge on any atom is -0.480 e. The first kappa shape index (κ1) is 23.0. The molecule has 1 aromatic heterocycles. The minimum atomic E-state index is -1.01. The van der Waals surface area contributed by atoms with Crippen LogP contribution in [0.3, 0.4) is 0 Å². The van der Waals surface area contributed by atoms with Crippen molar-refractivity contribution in [3.63, 3.8) is 0 Å². The van der Waals surface area contributed by atoms with Crippen LogP contribution in [-0.2, 0) is 24.6 Å². The van der Waals surface area contributed by atoms with Crippen molar-refractivity contribution >= 4 is 28.0 Å². The monoisotopic (exact) mass is 484 g/mol. The number of ether oxygens (including phenoxy) is 3. The van der Waals surface area contributed by atoms with Gasteiger partial charge >= 0.3 is 12.1 Å². The molecule has 1 aromatic rings. The van der Waals surface area contributed by atoms with E-state index in [0.717, 1.165) is 5.56 Å². The molecule has 1 aliphatic carbocycles. The number of pyridine rings is 1. The van der Waals surface area contributed by atoms with Crippen molar-refractivity contribution in [1.29, 1.82) is 0 Å². The van der Waals surface area contributed by atoms with Gasteiger partial charge in [0.15, 0.2) is 0 Å². The third kappa shape index (κ3) is 5.31. The zero-order valence-corrected chi connectivity index (χ0v) is 19.2. The molecule has 1 aliphatic heterocycles. The van der Waals surface area contributed by atoms with E-state index in [-0.39, 0.29) is 12.7 Å². The highest BCUT2D eigenvalue weighted by molar-refractivity contribution is 9.10. The molecular formula is C21H29BrN2O6. The van der Waals surface area contributed by atoms with Gasteiger partial charge in [0.05, 0.1) is 24.4 Å². The Kier molecular flexibility index (Phi) is 6.74. The molecule has 0 radical (unpaired) electrons. The van der Waals surface area contributed by atoms with Crippen LogP contribution < -0.4 is 0 Å². The maximum Gasteiger partial charge on any atom is 0.410 e. The van der Waals surface area contributed by atoms with Gasteiger partial charge in [0.1, 0.15) is 16.8 Å². The Hall–Kier alpha value is -1.71. The number of aromatic nitrogens is 1. The van der Waals surface area contributed by atoms with Crippen LogP contribution in [0.25, 0.3) is 0 Å². The lowest BCUT2D eigenvalue weighted by molar-refractivity contribution is -0.177. The van der Waals surface area contributed by atoms with Crippen molar-refractivity contribution in [1.82, 2.24) is 9.88 Å². The van der Waals surface area contributed by atoms with E-state index in [1.807, 2.05) is 32.9 Å². The van der Waals surface area contributed by atoms with Crippen molar-refractivity contribution in [3.8, 4) is 0 Å². The molecule has 0 atom stereocenters. The minimum absolute atomic E-state index is 0.334. The molecule has 3 rings (SSSR count). The fraction of sp³-hybridized carbons (Fsp3) is 0.667. The zero-order chi connectivity index (χ0) is 22.0. The fourth-order valence-corrected chi connectivity index (χ4v) is 4.77. The molecule has 0 unspecified atom stereocenters. The van der Waals surface area contributed by atoms with Gasteiger partial charge in [-0.15, -0.1) is 0 Å². The first-order valence-electron chi connectivity index (χ1n) is 10.1. The van der Waals surface area contributed by atoms with Gasteiger partial charge < -0.3 is 24.2 Å². The molecule has 0 bridgehead atoms. The lowest BCUT2D eigenvalue weighted by atomic mass is 9.72. The molecular weight excluding hydrogens is 456 g/mol. The zero-order valence-electron chi connectivity index (χ0n) is 17.6. The van der Waals surface area contributed by atoms with Crippen molar-refractivity contribution in [2.45, 2.75) is 63.3 Å². The molecule has 1 saturated carbocycles. The van der Waals surface area contributed by atoms with E-state index >= 15 is 0 Å². The Morgan fingerprint density at radius 3 is 2.60 bits per heavy atom. The maximum absolute atomic E-state index is 12.6. The highest BCUT2D eigenvalue weighted by atomic mass is 79.9. The standard InChI is InChI=1S/C21H29BrN2O6/c1-19(2,3)30-18(27)24-11-12-28-20(14-24)6-8-21(9-7-20,29-13-16(25)26)15-5-4-10-23-17(15)22/h4-5,10H,6-9,11-14H2,1-3H3,(H,25,26). The van der Waals surface area contributed by atoms with E-state index < -0.39 is 22.8 Å². The van der Waals surface area contributed by atoms with Crippen LogP contribution in [0.2, 0.25) is 0 Å². The molecule has 8 nitrogen and oxygen atoms in total. The van der Waals surface area contributed by atoms with Crippen molar-refractivity contribution in [2.75, 3.05) is 26.3 Å². The van der Waals surface area contributed by atoms with E-state index in [1.165, 1.54) is 0 Å². The molecule has 1 spiro atoms. The summed E-state index contributed by atoms with van der Waals surface area (Å²) in [5.74, 6) is -1.01. The number of morpholine rings is 1. The maximum atomic E-state index is 12.6. The molecule has 0 aromatic carbocycles. The highest BCUT2D eigenvalue weighted by Crippen LogP contribution is 2.48. The number of rotatable bonds is 4. The molecule has 2 aliphatic rings. The number of carboxylic acids is 1. The average molecular weight is 485 g/mol. The first-order valence-corrected chi connectivity index (χ1v) is 10.9. The van der Waals surface area contributed by atoms with Gasteiger partial charge in [-0.2, -0.15) is 0 Å². The number of aliphatic carboxylic acids is 1. The summed E-state index contributed by atoms with van der Waals surface area (Å²) in [6, 6.07) is 3.73. The van der Waals surface area contributed by atoms with Gasteiger partial charge in [0, 0.05) is 18.3 Å². The summed E-state index contributed by atoms with van der Waals surface area (Å²) in [5, 5.41) is 9.17. The van der Waals surface area contributed by atoms with Crippen LogP contribution in [0.15, 0.2) is 22.9 Å². The molecule has 2 heterocycles. The Morgan fingerprint density at radius 1 is 1.30 bits per heavy atom. The van der Waals surface area contributed by atoms with Crippen LogP contribution in [0.1, 0.15) is 52.0 Å². The predicted octanol–water partition coefficient (Wildman–Crippen LogP) is 3.72. The van der Waals surface area contributed by atoms with Crippen LogP contribution in [-0.4, -0.2) is 64.6 Å². The van der Waals surface area contributed by atoms with E-state index in [9.17, 15) is 14.7 Å². The van der Waals surface area contributed by atoms with E-state index in [2.05, 4.69) is 20.9 Å². The SMILES string of the molecule is CC(C)(C)OC(=O)N1CCOC2(CCC(OCC(=O)O)(c3cccnc3Br)CC2)C1. The molecule has 1 N–H and O–H groups in total. The quantitative estimate of drug-likeness (QED) is 0.650. The van der Waals surface area contributed by atoms with Gasteiger partial charge in [-0.05, 0) is 68.5 Å². The molecule has 9 heteroatoms. The lowest BCUT2D eigenvalue weighted by Gasteiger charge is -2.49. The summed E-state index contributed by atoms with van der Waals surface area (Å²) in [5.41, 5.74) is -0.976. The van der Waals surface area contributed by atoms with E-state index in [0.29, 0.717) is 50.0 Å². The second-order valence-electron chi connectivity index (χ2n) is 8.95. The summed E-state index contributed by atoms with van der Waals surface area (Å²) < 4.78 is 18.3. The number of carboxylic acid groups (broad SMARTS) is 1. The molecule has 1 amide bonds. The fourth-order valence-electron chi connectivity index (χ4n) is 4.16. The van der Waals surface area contributed by atoms with Gasteiger partial charge in [-0.25, -0.2) is 14.6 Å². The number of hydrogen-bond acceptors (Lipinski definition) is 6. The van der Waals surface area contributed by atoms with Crippen molar-refractivity contribution in [3.05, 3.63) is 28.5 Å². The van der Waals surface area contributed by atoms with Gasteiger partial charge in [0.25, 0.3) is 0 Å². The predicted molar refractivity (Wildman–Crippen MR) is 112 cm³/mol. The Bertz CT molecular complexity index is 786. The van der Waals surface area contributed by atoms with Crippen LogP contribution in [0.4, 0.5) is 4.79 Å². The number of nitrogens with zero attached hydrogens (tertiary/aromatic N) is 2. The smallest absolute Gasteiger partial charge is 0.410 e. The summed E-state index contributed by atoms with van der Waals surface area (Å²) in [6.07, 6.45) is 3.73. The Labute approximate surface area is 185 Å². The topological polar surface area (TPSA) is 98.2 Å². The molecule has 30 heavy (non-hydrogen) atoms. The van der Waals surface area contributed by atoms with Crippen LogP contribution in [0.5, 0.6) is 0 Å². The van der Waals surface area contributed by atoms with E-state index in [4.69, 9.17) is 14.2 Å². The molecule has 166 valence electrons. The summed E-state index contributed by atoms with van der Waals surface area (Å²) in [4.78, 5) is 29.7. The van der Waals surface area contributed by atoms with Gasteiger partial charge in [0.2, 0.25) is 0 Å². The third-order valence-electron chi connectivity index (χ3n) is 5.59. The highest BCUT2D eigenvalue weighted by Gasteiger charge is 2.49.